The minimum Gasteiger partial charge on any atom is -0.370 e. The Morgan fingerprint density at radius 1 is 1.43 bits per heavy atom. The van der Waals surface area contributed by atoms with Crippen LogP contribution in [0.2, 0.25) is 0 Å². The van der Waals surface area contributed by atoms with Crippen molar-refractivity contribution >= 4 is 28.9 Å². The van der Waals surface area contributed by atoms with Crippen LogP contribution in [0.4, 0.5) is 17.6 Å². The van der Waals surface area contributed by atoms with Crippen LogP contribution in [0.3, 0.4) is 0 Å². The molecule has 1 fully saturated rings. The van der Waals surface area contributed by atoms with Crippen molar-refractivity contribution in [3.8, 4) is 0 Å². The van der Waals surface area contributed by atoms with Crippen LogP contribution >= 0.6 is 11.3 Å². The van der Waals surface area contributed by atoms with Crippen LogP contribution in [0.25, 0.3) is 0 Å². The zero-order valence-corrected chi connectivity index (χ0v) is 13.1. The summed E-state index contributed by atoms with van der Waals surface area (Å²) in [5.74, 6) is 2.08. The second kappa shape index (κ2) is 6.30. The summed E-state index contributed by atoms with van der Waals surface area (Å²) in [6, 6.07) is 4.76. The van der Waals surface area contributed by atoms with Gasteiger partial charge in [-0.1, -0.05) is 6.92 Å². The molecule has 6 heteroatoms. The van der Waals surface area contributed by atoms with Gasteiger partial charge in [0.15, 0.2) is 0 Å². The van der Waals surface area contributed by atoms with E-state index in [2.05, 4.69) is 43.9 Å². The second-order valence-electron chi connectivity index (χ2n) is 5.39. The number of nitrogen functional groups attached to an aromatic ring is 1. The molecule has 0 radical (unpaired) electrons. The summed E-state index contributed by atoms with van der Waals surface area (Å²) in [6.45, 7) is 3.91. The molecule has 0 unspecified atom stereocenters. The lowest BCUT2D eigenvalue weighted by atomic mass is 10.3. The number of nitrogens with zero attached hydrogens (tertiary/aromatic N) is 3. The highest BCUT2D eigenvalue weighted by molar-refractivity contribution is 7.07. The van der Waals surface area contributed by atoms with Crippen molar-refractivity contribution in [2.45, 2.75) is 38.8 Å². The quantitative estimate of drug-likeness (QED) is 0.822. The first kappa shape index (κ1) is 14.1. The van der Waals surface area contributed by atoms with E-state index in [4.69, 9.17) is 5.73 Å². The minimum atomic E-state index is 0.335. The first-order chi connectivity index (χ1) is 10.3. The topological polar surface area (TPSA) is 67.1 Å². The summed E-state index contributed by atoms with van der Waals surface area (Å²) in [7, 11) is 0. The summed E-state index contributed by atoms with van der Waals surface area (Å²) < 4.78 is 0. The molecule has 2 aromatic rings. The average molecular weight is 303 g/mol. The van der Waals surface area contributed by atoms with E-state index in [9.17, 15) is 0 Å². The molecule has 0 amide bonds. The summed E-state index contributed by atoms with van der Waals surface area (Å²) in [4.78, 5) is 11.0. The van der Waals surface area contributed by atoms with Crippen molar-refractivity contribution in [1.82, 2.24) is 9.97 Å². The summed E-state index contributed by atoms with van der Waals surface area (Å²) in [5, 5.41) is 7.60. The van der Waals surface area contributed by atoms with Gasteiger partial charge in [0.25, 0.3) is 0 Å². The summed E-state index contributed by atoms with van der Waals surface area (Å²) >= 11 is 1.73. The Hall–Kier alpha value is -1.82. The van der Waals surface area contributed by atoms with Gasteiger partial charge in [-0.2, -0.15) is 21.3 Å². The Morgan fingerprint density at radius 3 is 2.95 bits per heavy atom. The molecule has 0 spiro atoms. The van der Waals surface area contributed by atoms with E-state index in [1.807, 2.05) is 6.07 Å². The predicted molar refractivity (Wildman–Crippen MR) is 88.7 cm³/mol. The van der Waals surface area contributed by atoms with Crippen LogP contribution in [-0.4, -0.2) is 22.6 Å². The molecule has 0 aromatic carbocycles. The smallest absolute Gasteiger partial charge is 0.223 e. The number of nitrogens with two attached hydrogens (primary N) is 1. The maximum absolute atomic E-state index is 5.88. The third kappa shape index (κ3) is 3.64. The van der Waals surface area contributed by atoms with E-state index in [1.54, 1.807) is 11.3 Å². The van der Waals surface area contributed by atoms with E-state index in [1.165, 1.54) is 18.4 Å². The lowest BCUT2D eigenvalue weighted by Gasteiger charge is -2.23. The molecule has 3 rings (SSSR count). The molecule has 0 aliphatic heterocycles. The largest absolute Gasteiger partial charge is 0.370 e. The molecule has 0 atom stereocenters. The van der Waals surface area contributed by atoms with Crippen molar-refractivity contribution in [3.63, 3.8) is 0 Å². The second-order valence-corrected chi connectivity index (χ2v) is 6.17. The summed E-state index contributed by atoms with van der Waals surface area (Å²) in [6.07, 6.45) is 3.51. The number of rotatable bonds is 7. The van der Waals surface area contributed by atoms with Crippen molar-refractivity contribution in [2.75, 3.05) is 22.5 Å². The molecule has 5 nitrogen and oxygen atoms in total. The van der Waals surface area contributed by atoms with Gasteiger partial charge in [-0.05, 0) is 41.7 Å². The van der Waals surface area contributed by atoms with Crippen molar-refractivity contribution < 1.29 is 0 Å². The van der Waals surface area contributed by atoms with Gasteiger partial charge in [-0.15, -0.1) is 0 Å². The van der Waals surface area contributed by atoms with Gasteiger partial charge in [0.2, 0.25) is 5.95 Å². The first-order valence-electron chi connectivity index (χ1n) is 7.42. The molecular weight excluding hydrogens is 282 g/mol. The summed E-state index contributed by atoms with van der Waals surface area (Å²) in [5.41, 5.74) is 7.20. The van der Waals surface area contributed by atoms with Crippen LogP contribution in [0.1, 0.15) is 31.7 Å². The monoisotopic (exact) mass is 303 g/mol. The third-order valence-corrected chi connectivity index (χ3v) is 4.23. The Balaban J connectivity index is 1.82. The fraction of sp³-hybridized carbons (Fsp3) is 0.467. The van der Waals surface area contributed by atoms with Gasteiger partial charge < -0.3 is 16.0 Å². The highest BCUT2D eigenvalue weighted by Crippen LogP contribution is 2.33. The highest BCUT2D eigenvalue weighted by atomic mass is 32.1. The number of nitrogens with one attached hydrogen (secondary N) is 1. The first-order valence-corrected chi connectivity index (χ1v) is 8.36. The number of aromatic nitrogens is 2. The normalized spacial score (nSPS) is 14.1. The molecule has 2 aromatic heterocycles. The third-order valence-electron chi connectivity index (χ3n) is 3.50. The van der Waals surface area contributed by atoms with Gasteiger partial charge in [0.05, 0.1) is 0 Å². The number of hydrogen-bond acceptors (Lipinski definition) is 6. The van der Waals surface area contributed by atoms with E-state index in [-0.39, 0.29) is 0 Å². The number of anilines is 3. The molecular formula is C15H21N5S. The Kier molecular flexibility index (Phi) is 4.24. The molecule has 1 aliphatic rings. The molecule has 1 saturated carbocycles. The maximum Gasteiger partial charge on any atom is 0.223 e. The SMILES string of the molecule is CCCNc1cc(N(Cc2ccsc2)C2CC2)nc(N)n1. The number of hydrogen-bond donors (Lipinski definition) is 2. The predicted octanol–water partition coefficient (Wildman–Crippen LogP) is 3.11. The van der Waals surface area contributed by atoms with Gasteiger partial charge in [-0.25, -0.2) is 0 Å². The van der Waals surface area contributed by atoms with E-state index < -0.39 is 0 Å². The number of thiophene rings is 1. The van der Waals surface area contributed by atoms with Gasteiger partial charge >= 0.3 is 0 Å². The zero-order valence-electron chi connectivity index (χ0n) is 12.2. The fourth-order valence-electron chi connectivity index (χ4n) is 2.31. The maximum atomic E-state index is 5.88. The van der Waals surface area contributed by atoms with Crippen LogP contribution in [0, 0.1) is 0 Å². The molecule has 0 bridgehead atoms. The highest BCUT2D eigenvalue weighted by Gasteiger charge is 2.30. The molecule has 1 aliphatic carbocycles. The van der Waals surface area contributed by atoms with Crippen molar-refractivity contribution in [3.05, 3.63) is 28.5 Å². The van der Waals surface area contributed by atoms with Crippen LogP contribution < -0.4 is 16.0 Å². The lowest BCUT2D eigenvalue weighted by molar-refractivity contribution is 0.778. The lowest BCUT2D eigenvalue weighted by Crippen LogP contribution is -2.26. The average Bonchev–Trinajstić information content (AvgIpc) is 3.18. The van der Waals surface area contributed by atoms with Crippen molar-refractivity contribution in [1.29, 1.82) is 0 Å². The molecule has 3 N–H and O–H groups in total. The van der Waals surface area contributed by atoms with E-state index >= 15 is 0 Å². The zero-order chi connectivity index (χ0) is 14.7. The fourth-order valence-corrected chi connectivity index (χ4v) is 2.97. The standard InChI is InChI=1S/C15H21N5S/c1-2-6-17-13-8-14(19-15(16)18-13)20(12-3-4-12)9-11-5-7-21-10-11/h5,7-8,10,12H,2-4,6,9H2,1H3,(H3,16,17,18,19). The van der Waals surface area contributed by atoms with Crippen LogP contribution in [0.5, 0.6) is 0 Å². The van der Waals surface area contributed by atoms with Crippen molar-refractivity contribution in [2.24, 2.45) is 0 Å². The van der Waals surface area contributed by atoms with Gasteiger partial charge in [0.1, 0.15) is 11.6 Å². The Morgan fingerprint density at radius 2 is 2.29 bits per heavy atom. The molecule has 21 heavy (non-hydrogen) atoms. The van der Waals surface area contributed by atoms with Crippen LogP contribution in [-0.2, 0) is 6.54 Å². The molecule has 112 valence electrons. The van der Waals surface area contributed by atoms with E-state index in [0.717, 1.165) is 31.1 Å². The van der Waals surface area contributed by atoms with E-state index in [0.29, 0.717) is 12.0 Å². The molecule has 0 saturated heterocycles. The van der Waals surface area contributed by atoms with Crippen LogP contribution in [0.15, 0.2) is 22.9 Å². The van der Waals surface area contributed by atoms with Gasteiger partial charge in [-0.3, -0.25) is 0 Å². The minimum absolute atomic E-state index is 0.335. The Labute approximate surface area is 129 Å². The molecule has 2 heterocycles. The van der Waals surface area contributed by atoms with Gasteiger partial charge in [0, 0.05) is 25.2 Å². The Bertz CT molecular complexity index is 580.